The van der Waals surface area contributed by atoms with Crippen molar-refractivity contribution in [2.45, 2.75) is 64.5 Å². The summed E-state index contributed by atoms with van der Waals surface area (Å²) in [6.45, 7) is 4.54. The SMILES string of the molecule is CC1(C)CCCC1NC(=O)C1C2CCC(C2)C1N. The van der Waals surface area contributed by atoms with Crippen LogP contribution in [0.15, 0.2) is 0 Å². The van der Waals surface area contributed by atoms with Crippen molar-refractivity contribution in [3.8, 4) is 0 Å². The zero-order chi connectivity index (χ0) is 12.9. The van der Waals surface area contributed by atoms with Gasteiger partial charge in [-0.2, -0.15) is 0 Å². The van der Waals surface area contributed by atoms with Crippen molar-refractivity contribution in [1.82, 2.24) is 5.32 Å². The summed E-state index contributed by atoms with van der Waals surface area (Å²) in [5.41, 5.74) is 6.51. The molecule has 0 spiro atoms. The number of nitrogens with one attached hydrogen (secondary N) is 1. The van der Waals surface area contributed by atoms with Gasteiger partial charge in [0.2, 0.25) is 5.91 Å². The molecule has 3 aliphatic carbocycles. The van der Waals surface area contributed by atoms with Crippen molar-refractivity contribution in [3.05, 3.63) is 0 Å². The predicted molar refractivity (Wildman–Crippen MR) is 71.9 cm³/mol. The maximum Gasteiger partial charge on any atom is 0.225 e. The first-order valence-corrected chi connectivity index (χ1v) is 7.55. The first kappa shape index (κ1) is 12.5. The molecular formula is C15H26N2O. The molecule has 102 valence electrons. The van der Waals surface area contributed by atoms with Gasteiger partial charge in [-0.15, -0.1) is 0 Å². The van der Waals surface area contributed by atoms with E-state index >= 15 is 0 Å². The number of amides is 1. The van der Waals surface area contributed by atoms with Crippen molar-refractivity contribution in [2.75, 3.05) is 0 Å². The summed E-state index contributed by atoms with van der Waals surface area (Å²) < 4.78 is 0. The van der Waals surface area contributed by atoms with E-state index in [1.165, 1.54) is 32.1 Å². The van der Waals surface area contributed by atoms with E-state index in [-0.39, 0.29) is 23.3 Å². The summed E-state index contributed by atoms with van der Waals surface area (Å²) in [6.07, 6.45) is 7.23. The highest BCUT2D eigenvalue weighted by atomic mass is 16.2. The average Bonchev–Trinajstić information content (AvgIpc) is 2.94. The maximum atomic E-state index is 12.5. The molecule has 5 atom stereocenters. The largest absolute Gasteiger partial charge is 0.353 e. The number of carbonyl (C=O) groups is 1. The second-order valence-corrected chi connectivity index (χ2v) is 7.38. The van der Waals surface area contributed by atoms with E-state index in [4.69, 9.17) is 5.73 Å². The smallest absolute Gasteiger partial charge is 0.225 e. The minimum Gasteiger partial charge on any atom is -0.353 e. The van der Waals surface area contributed by atoms with Crippen molar-refractivity contribution >= 4 is 5.91 Å². The molecule has 0 saturated heterocycles. The molecule has 18 heavy (non-hydrogen) atoms. The number of hydrogen-bond donors (Lipinski definition) is 2. The van der Waals surface area contributed by atoms with E-state index < -0.39 is 0 Å². The molecule has 3 N–H and O–H groups in total. The van der Waals surface area contributed by atoms with Gasteiger partial charge in [0.05, 0.1) is 5.92 Å². The Morgan fingerprint density at radius 3 is 2.50 bits per heavy atom. The van der Waals surface area contributed by atoms with Crippen LogP contribution in [0.1, 0.15) is 52.4 Å². The summed E-state index contributed by atoms with van der Waals surface area (Å²) in [5, 5.41) is 3.31. The Hall–Kier alpha value is -0.570. The minimum atomic E-state index is 0.0974. The van der Waals surface area contributed by atoms with Gasteiger partial charge in [0, 0.05) is 12.1 Å². The zero-order valence-electron chi connectivity index (χ0n) is 11.6. The average molecular weight is 250 g/mol. The van der Waals surface area contributed by atoms with E-state index in [9.17, 15) is 4.79 Å². The van der Waals surface area contributed by atoms with E-state index in [2.05, 4.69) is 19.2 Å². The van der Waals surface area contributed by atoms with E-state index in [1.807, 2.05) is 0 Å². The number of fused-ring (bicyclic) bond motifs is 2. The summed E-state index contributed by atoms with van der Waals surface area (Å²) in [5.74, 6) is 1.52. The van der Waals surface area contributed by atoms with E-state index in [1.54, 1.807) is 0 Å². The zero-order valence-corrected chi connectivity index (χ0v) is 11.6. The predicted octanol–water partition coefficient (Wildman–Crippen LogP) is 2.05. The third kappa shape index (κ3) is 1.87. The Morgan fingerprint density at radius 2 is 1.94 bits per heavy atom. The molecule has 0 heterocycles. The van der Waals surface area contributed by atoms with Gasteiger partial charge in [0.1, 0.15) is 0 Å². The maximum absolute atomic E-state index is 12.5. The van der Waals surface area contributed by atoms with Crippen LogP contribution in [0.25, 0.3) is 0 Å². The van der Waals surface area contributed by atoms with Gasteiger partial charge >= 0.3 is 0 Å². The van der Waals surface area contributed by atoms with Crippen LogP contribution in [0.2, 0.25) is 0 Å². The number of rotatable bonds is 2. The Morgan fingerprint density at radius 1 is 1.22 bits per heavy atom. The van der Waals surface area contributed by atoms with Crippen LogP contribution >= 0.6 is 0 Å². The molecule has 3 heteroatoms. The number of hydrogen-bond acceptors (Lipinski definition) is 2. The summed E-state index contributed by atoms with van der Waals surface area (Å²) in [7, 11) is 0. The molecule has 0 radical (unpaired) electrons. The van der Waals surface area contributed by atoms with Gasteiger partial charge in [0.25, 0.3) is 0 Å². The Labute approximate surface area is 110 Å². The van der Waals surface area contributed by atoms with Crippen molar-refractivity contribution < 1.29 is 4.79 Å². The van der Waals surface area contributed by atoms with Gasteiger partial charge in [-0.05, 0) is 49.4 Å². The fourth-order valence-corrected chi connectivity index (χ4v) is 4.59. The number of nitrogens with two attached hydrogens (primary N) is 1. The molecule has 5 unspecified atom stereocenters. The molecule has 3 rings (SSSR count). The molecule has 0 aromatic carbocycles. The third-order valence-electron chi connectivity index (χ3n) is 5.86. The van der Waals surface area contributed by atoms with Gasteiger partial charge in [0.15, 0.2) is 0 Å². The topological polar surface area (TPSA) is 55.1 Å². The molecule has 3 saturated carbocycles. The van der Waals surface area contributed by atoms with Crippen LogP contribution in [-0.2, 0) is 4.79 Å². The fourth-order valence-electron chi connectivity index (χ4n) is 4.59. The van der Waals surface area contributed by atoms with Gasteiger partial charge < -0.3 is 11.1 Å². The van der Waals surface area contributed by atoms with Crippen molar-refractivity contribution in [2.24, 2.45) is 28.9 Å². The van der Waals surface area contributed by atoms with Crippen LogP contribution in [0.4, 0.5) is 0 Å². The monoisotopic (exact) mass is 250 g/mol. The number of carbonyl (C=O) groups excluding carboxylic acids is 1. The second-order valence-electron chi connectivity index (χ2n) is 7.38. The highest BCUT2D eigenvalue weighted by molar-refractivity contribution is 5.80. The Balaban J connectivity index is 1.65. The molecule has 1 amide bonds. The standard InChI is InChI=1S/C15H26N2O/c1-15(2)7-3-4-11(15)17-14(18)12-9-5-6-10(8-9)13(12)16/h9-13H,3-8,16H2,1-2H3,(H,17,18). The minimum absolute atomic E-state index is 0.0974. The molecule has 0 aromatic heterocycles. The highest BCUT2D eigenvalue weighted by Crippen LogP contribution is 2.48. The highest BCUT2D eigenvalue weighted by Gasteiger charge is 2.50. The van der Waals surface area contributed by atoms with Crippen LogP contribution in [0.3, 0.4) is 0 Å². The third-order valence-corrected chi connectivity index (χ3v) is 5.86. The first-order valence-electron chi connectivity index (χ1n) is 7.55. The normalized spacial score (nSPS) is 45.4. The lowest BCUT2D eigenvalue weighted by atomic mass is 9.83. The van der Waals surface area contributed by atoms with Crippen LogP contribution in [0.5, 0.6) is 0 Å². The van der Waals surface area contributed by atoms with Crippen LogP contribution < -0.4 is 11.1 Å². The lowest BCUT2D eigenvalue weighted by Gasteiger charge is -2.32. The van der Waals surface area contributed by atoms with Crippen molar-refractivity contribution in [1.29, 1.82) is 0 Å². The van der Waals surface area contributed by atoms with Gasteiger partial charge in [-0.3, -0.25) is 4.79 Å². The molecule has 3 fully saturated rings. The fraction of sp³-hybridized carbons (Fsp3) is 0.933. The van der Waals surface area contributed by atoms with Gasteiger partial charge in [-0.25, -0.2) is 0 Å². The summed E-state index contributed by atoms with van der Waals surface area (Å²) in [6, 6.07) is 0.476. The lowest BCUT2D eigenvalue weighted by molar-refractivity contribution is -0.128. The lowest BCUT2D eigenvalue weighted by Crippen LogP contribution is -2.50. The van der Waals surface area contributed by atoms with E-state index in [0.717, 1.165) is 6.42 Å². The molecule has 0 aliphatic heterocycles. The molecule has 2 bridgehead atoms. The summed E-state index contributed by atoms with van der Waals surface area (Å²) >= 11 is 0. The molecule has 0 aromatic rings. The quantitative estimate of drug-likeness (QED) is 0.788. The Bertz CT molecular complexity index is 350. The molecule has 3 nitrogen and oxygen atoms in total. The summed E-state index contributed by atoms with van der Waals surface area (Å²) in [4.78, 5) is 12.5. The van der Waals surface area contributed by atoms with Gasteiger partial charge in [-0.1, -0.05) is 20.3 Å². The van der Waals surface area contributed by atoms with E-state index in [0.29, 0.717) is 17.9 Å². The molecule has 3 aliphatic rings. The Kier molecular flexibility index (Phi) is 2.92. The van der Waals surface area contributed by atoms with Crippen molar-refractivity contribution in [3.63, 3.8) is 0 Å². The first-order chi connectivity index (χ1) is 8.49. The molecular weight excluding hydrogens is 224 g/mol. The van der Waals surface area contributed by atoms with Crippen LogP contribution in [-0.4, -0.2) is 18.0 Å². The van der Waals surface area contributed by atoms with Crippen LogP contribution in [0, 0.1) is 23.2 Å². The second kappa shape index (κ2) is 4.22.